The van der Waals surface area contributed by atoms with Crippen LogP contribution < -0.4 is 10.6 Å². The van der Waals surface area contributed by atoms with Gasteiger partial charge in [-0.15, -0.1) is 0 Å². The molecular formula is C13H26N2O. The zero-order valence-corrected chi connectivity index (χ0v) is 10.9. The highest BCUT2D eigenvalue weighted by molar-refractivity contribution is 5.86. The van der Waals surface area contributed by atoms with Crippen molar-refractivity contribution in [1.82, 2.24) is 10.6 Å². The van der Waals surface area contributed by atoms with Crippen LogP contribution in [0.4, 0.5) is 0 Å². The molecule has 16 heavy (non-hydrogen) atoms. The molecule has 0 aromatic rings. The Balaban J connectivity index is 2.43. The fourth-order valence-corrected chi connectivity index (χ4v) is 2.41. The van der Waals surface area contributed by atoms with Gasteiger partial charge >= 0.3 is 0 Å². The molecule has 2 atom stereocenters. The molecule has 1 fully saturated rings. The normalized spacial score (nSPS) is 26.7. The Labute approximate surface area is 99.4 Å². The first-order chi connectivity index (χ1) is 7.64. The largest absolute Gasteiger partial charge is 0.352 e. The van der Waals surface area contributed by atoms with E-state index in [1.807, 2.05) is 0 Å². The van der Waals surface area contributed by atoms with Gasteiger partial charge < -0.3 is 10.6 Å². The molecule has 0 aliphatic carbocycles. The van der Waals surface area contributed by atoms with Crippen LogP contribution in [0.3, 0.4) is 0 Å². The fourth-order valence-electron chi connectivity index (χ4n) is 2.41. The number of carbonyl (C=O) groups is 1. The van der Waals surface area contributed by atoms with Crippen LogP contribution in [0.25, 0.3) is 0 Å². The van der Waals surface area contributed by atoms with E-state index in [1.54, 1.807) is 0 Å². The predicted octanol–water partition coefficient (Wildman–Crippen LogP) is 2.21. The van der Waals surface area contributed by atoms with Crippen molar-refractivity contribution in [2.45, 2.75) is 70.9 Å². The van der Waals surface area contributed by atoms with Crippen LogP contribution >= 0.6 is 0 Å². The Morgan fingerprint density at radius 1 is 1.50 bits per heavy atom. The summed E-state index contributed by atoms with van der Waals surface area (Å²) in [6.45, 7) is 7.35. The standard InChI is InChI=1S/C13H26N2O/c1-4-6-8-11(3)15-12(16)13(5-2)9-7-10-14-13/h11,14H,4-10H2,1-3H3,(H,15,16). The third-order valence-corrected chi connectivity index (χ3v) is 3.65. The van der Waals surface area contributed by atoms with Crippen molar-refractivity contribution in [3.05, 3.63) is 0 Å². The number of hydrogen-bond acceptors (Lipinski definition) is 2. The maximum Gasteiger partial charge on any atom is 0.240 e. The SMILES string of the molecule is CCCCC(C)NC(=O)C1(CC)CCCN1. The number of carbonyl (C=O) groups excluding carboxylic acids is 1. The lowest BCUT2D eigenvalue weighted by molar-refractivity contribution is -0.128. The minimum atomic E-state index is -0.277. The second-order valence-corrected chi connectivity index (χ2v) is 4.98. The van der Waals surface area contributed by atoms with Crippen molar-refractivity contribution in [3.63, 3.8) is 0 Å². The average molecular weight is 226 g/mol. The molecule has 0 radical (unpaired) electrons. The zero-order valence-electron chi connectivity index (χ0n) is 10.9. The molecule has 1 aliphatic heterocycles. The van der Waals surface area contributed by atoms with E-state index >= 15 is 0 Å². The molecule has 2 N–H and O–H groups in total. The third-order valence-electron chi connectivity index (χ3n) is 3.65. The minimum Gasteiger partial charge on any atom is -0.352 e. The van der Waals surface area contributed by atoms with E-state index in [9.17, 15) is 4.79 Å². The van der Waals surface area contributed by atoms with Crippen molar-refractivity contribution >= 4 is 5.91 Å². The van der Waals surface area contributed by atoms with Crippen LogP contribution in [0, 0.1) is 0 Å². The first-order valence-corrected chi connectivity index (χ1v) is 6.70. The molecule has 94 valence electrons. The van der Waals surface area contributed by atoms with Crippen molar-refractivity contribution in [2.24, 2.45) is 0 Å². The Bertz CT molecular complexity index is 222. The molecule has 0 aromatic heterocycles. The van der Waals surface area contributed by atoms with E-state index in [4.69, 9.17) is 0 Å². The summed E-state index contributed by atoms with van der Waals surface area (Å²) in [4.78, 5) is 12.2. The molecular weight excluding hydrogens is 200 g/mol. The predicted molar refractivity (Wildman–Crippen MR) is 67.4 cm³/mol. The molecule has 0 aromatic carbocycles. The summed E-state index contributed by atoms with van der Waals surface area (Å²) in [5.41, 5.74) is -0.277. The highest BCUT2D eigenvalue weighted by Gasteiger charge is 2.39. The van der Waals surface area contributed by atoms with Gasteiger partial charge in [0.15, 0.2) is 0 Å². The van der Waals surface area contributed by atoms with Crippen molar-refractivity contribution in [3.8, 4) is 0 Å². The van der Waals surface area contributed by atoms with Crippen molar-refractivity contribution in [1.29, 1.82) is 0 Å². The Morgan fingerprint density at radius 3 is 2.75 bits per heavy atom. The summed E-state index contributed by atoms with van der Waals surface area (Å²) in [5.74, 6) is 0.205. The summed E-state index contributed by atoms with van der Waals surface area (Å²) in [6.07, 6.45) is 6.45. The molecule has 0 saturated carbocycles. The van der Waals surface area contributed by atoms with Crippen LogP contribution in [-0.4, -0.2) is 24.0 Å². The summed E-state index contributed by atoms with van der Waals surface area (Å²) < 4.78 is 0. The van der Waals surface area contributed by atoms with E-state index < -0.39 is 0 Å². The molecule has 3 heteroatoms. The Morgan fingerprint density at radius 2 is 2.25 bits per heavy atom. The zero-order chi connectivity index (χ0) is 12.0. The van der Waals surface area contributed by atoms with E-state index in [1.165, 1.54) is 12.8 Å². The number of rotatable bonds is 6. The second kappa shape index (κ2) is 6.24. The van der Waals surface area contributed by atoms with Gasteiger partial charge in [-0.2, -0.15) is 0 Å². The first-order valence-electron chi connectivity index (χ1n) is 6.70. The molecule has 2 unspecified atom stereocenters. The van der Waals surface area contributed by atoms with E-state index in [2.05, 4.69) is 31.4 Å². The molecule has 1 rings (SSSR count). The van der Waals surface area contributed by atoms with Gasteiger partial charge in [-0.1, -0.05) is 26.7 Å². The minimum absolute atomic E-state index is 0.205. The molecule has 1 saturated heterocycles. The Hall–Kier alpha value is -0.570. The smallest absolute Gasteiger partial charge is 0.240 e. The topological polar surface area (TPSA) is 41.1 Å². The molecule has 0 bridgehead atoms. The summed E-state index contributed by atoms with van der Waals surface area (Å²) in [7, 11) is 0. The van der Waals surface area contributed by atoms with Gasteiger partial charge in [0, 0.05) is 6.04 Å². The number of unbranched alkanes of at least 4 members (excludes halogenated alkanes) is 1. The summed E-state index contributed by atoms with van der Waals surface area (Å²) >= 11 is 0. The number of nitrogens with one attached hydrogen (secondary N) is 2. The first kappa shape index (κ1) is 13.5. The van der Waals surface area contributed by atoms with Gasteiger partial charge in [0.25, 0.3) is 0 Å². The quantitative estimate of drug-likeness (QED) is 0.729. The number of hydrogen-bond donors (Lipinski definition) is 2. The third kappa shape index (κ3) is 3.21. The Kier molecular flexibility index (Phi) is 5.26. The van der Waals surface area contributed by atoms with Gasteiger partial charge in [0.2, 0.25) is 5.91 Å². The summed E-state index contributed by atoms with van der Waals surface area (Å²) in [5, 5.41) is 6.52. The van der Waals surface area contributed by atoms with E-state index in [0.717, 1.165) is 32.2 Å². The monoisotopic (exact) mass is 226 g/mol. The molecule has 3 nitrogen and oxygen atoms in total. The van der Waals surface area contributed by atoms with Gasteiger partial charge in [0.1, 0.15) is 0 Å². The number of amides is 1. The van der Waals surface area contributed by atoms with Crippen LogP contribution in [0.15, 0.2) is 0 Å². The lowest BCUT2D eigenvalue weighted by atomic mass is 9.92. The maximum absolute atomic E-state index is 12.2. The second-order valence-electron chi connectivity index (χ2n) is 4.98. The van der Waals surface area contributed by atoms with Crippen molar-refractivity contribution < 1.29 is 4.79 Å². The maximum atomic E-state index is 12.2. The average Bonchev–Trinajstić information content (AvgIpc) is 2.76. The van der Waals surface area contributed by atoms with Gasteiger partial charge in [-0.05, 0) is 39.2 Å². The van der Waals surface area contributed by atoms with Crippen LogP contribution in [0.5, 0.6) is 0 Å². The van der Waals surface area contributed by atoms with E-state index in [-0.39, 0.29) is 11.4 Å². The fraction of sp³-hybridized carbons (Fsp3) is 0.923. The molecule has 1 amide bonds. The highest BCUT2D eigenvalue weighted by atomic mass is 16.2. The van der Waals surface area contributed by atoms with Crippen LogP contribution in [0.2, 0.25) is 0 Å². The van der Waals surface area contributed by atoms with E-state index in [0.29, 0.717) is 6.04 Å². The van der Waals surface area contributed by atoms with Crippen molar-refractivity contribution in [2.75, 3.05) is 6.54 Å². The molecule has 1 aliphatic rings. The van der Waals surface area contributed by atoms with Gasteiger partial charge in [-0.3, -0.25) is 4.79 Å². The molecule has 1 heterocycles. The lowest BCUT2D eigenvalue weighted by Gasteiger charge is -2.28. The van der Waals surface area contributed by atoms with Crippen LogP contribution in [0.1, 0.15) is 59.3 Å². The van der Waals surface area contributed by atoms with Crippen LogP contribution in [-0.2, 0) is 4.79 Å². The van der Waals surface area contributed by atoms with Gasteiger partial charge in [-0.25, -0.2) is 0 Å². The summed E-state index contributed by atoms with van der Waals surface area (Å²) in [6, 6.07) is 0.304. The lowest BCUT2D eigenvalue weighted by Crippen LogP contribution is -2.54. The highest BCUT2D eigenvalue weighted by Crippen LogP contribution is 2.23. The molecule has 0 spiro atoms. The van der Waals surface area contributed by atoms with Gasteiger partial charge in [0.05, 0.1) is 5.54 Å².